The molecule has 6 rings (SSSR count). The number of benzene rings is 3. The van der Waals surface area contributed by atoms with Crippen molar-refractivity contribution >= 4 is 90.7 Å². The van der Waals surface area contributed by atoms with Crippen molar-refractivity contribution in [3.8, 4) is 5.82 Å². The van der Waals surface area contributed by atoms with Gasteiger partial charge in [0.15, 0.2) is 11.6 Å². The molecule has 6 aromatic rings. The largest absolute Gasteiger partial charge is 0.796 e. The van der Waals surface area contributed by atoms with Gasteiger partial charge in [0.2, 0.25) is 0 Å². The van der Waals surface area contributed by atoms with Gasteiger partial charge >= 0.3 is 0 Å². The first kappa shape index (κ1) is 30.7. The predicted molar refractivity (Wildman–Crippen MR) is 169 cm³/mol. The van der Waals surface area contributed by atoms with Crippen LogP contribution in [0.2, 0.25) is 10.0 Å². The first-order chi connectivity index (χ1) is 21.3. The smallest absolute Gasteiger partial charge is 0.263 e. The quantitative estimate of drug-likeness (QED) is 0.143. The normalized spacial score (nSPS) is 13.2. The summed E-state index contributed by atoms with van der Waals surface area (Å²) in [5, 5.41) is 2.59. The molecule has 1 atom stereocenters. The second kappa shape index (κ2) is 11.2. The number of hydrogen-bond donors (Lipinski definition) is 3. The molecule has 0 radical (unpaired) electrons. The van der Waals surface area contributed by atoms with Gasteiger partial charge < -0.3 is 25.1 Å². The molecule has 0 saturated carbocycles. The molecule has 17 heteroatoms. The zero-order valence-corrected chi connectivity index (χ0v) is 26.0. The molecule has 0 aliphatic heterocycles. The number of pyridine rings is 1. The maximum atomic E-state index is 15.7. The fourth-order valence-corrected chi connectivity index (χ4v) is 7.50. The monoisotopic (exact) mass is 688 g/mol. The van der Waals surface area contributed by atoms with Crippen molar-refractivity contribution in [1.29, 1.82) is 0 Å². The number of fused-ring (bicyclic) bond motifs is 2. The standard InChI is InChI=1S/C28H20Cl2F2N7O4PS/c1-44(40,41)20-12-39(19-6-3-5-16(33)23(19)20)22-11-10-18-27(36-22)28(35-13-34-18)37-26-15(31)8-9-17(25(26)32)38-45(42,43)21-7-2-4-14(29)24(21)30/h2-13,38H,33H2,1H3,(H,40,41)(H,34,35,37)/p-1. The van der Waals surface area contributed by atoms with Gasteiger partial charge in [-0.25, -0.2) is 32.2 Å². The molecule has 0 amide bonds. The fraction of sp³-hybridized carbons (Fsp3) is 0.0357. The van der Waals surface area contributed by atoms with Crippen LogP contribution in [0.3, 0.4) is 0 Å². The molecular formula is C28H19Cl2F2N7O4PS-. The summed E-state index contributed by atoms with van der Waals surface area (Å²) in [5.74, 6) is -2.25. The number of halogens is 4. The lowest BCUT2D eigenvalue weighted by molar-refractivity contribution is -0.169. The van der Waals surface area contributed by atoms with E-state index in [1.54, 1.807) is 30.3 Å². The third-order valence-corrected chi connectivity index (χ3v) is 10.3. The second-order valence-corrected chi connectivity index (χ2v) is 14.4. The van der Waals surface area contributed by atoms with Gasteiger partial charge in [-0.15, -0.1) is 0 Å². The molecule has 0 spiro atoms. The summed E-state index contributed by atoms with van der Waals surface area (Å²) in [7, 11) is -8.45. The van der Waals surface area contributed by atoms with Crippen LogP contribution in [-0.4, -0.2) is 34.6 Å². The van der Waals surface area contributed by atoms with E-state index in [0.29, 0.717) is 10.9 Å². The number of sulfonamides is 1. The van der Waals surface area contributed by atoms with Gasteiger partial charge in [-0.2, -0.15) is 0 Å². The van der Waals surface area contributed by atoms with Crippen LogP contribution in [0, 0.1) is 11.6 Å². The Bertz CT molecular complexity index is 2330. The van der Waals surface area contributed by atoms with E-state index in [1.165, 1.54) is 29.0 Å². The van der Waals surface area contributed by atoms with Crippen LogP contribution < -0.4 is 26.0 Å². The van der Waals surface area contributed by atoms with Crippen LogP contribution >= 0.6 is 30.6 Å². The summed E-state index contributed by atoms with van der Waals surface area (Å²) in [4.78, 5) is 25.0. The zero-order chi connectivity index (χ0) is 32.3. The van der Waals surface area contributed by atoms with Crippen LogP contribution in [0.5, 0.6) is 0 Å². The van der Waals surface area contributed by atoms with Gasteiger partial charge in [-0.1, -0.05) is 35.3 Å². The van der Waals surface area contributed by atoms with E-state index < -0.39 is 45.3 Å². The average molecular weight is 689 g/mol. The van der Waals surface area contributed by atoms with E-state index in [0.717, 1.165) is 25.1 Å². The minimum Gasteiger partial charge on any atom is -0.796 e. The molecule has 0 saturated heterocycles. The van der Waals surface area contributed by atoms with Crippen molar-refractivity contribution in [3.63, 3.8) is 0 Å². The summed E-state index contributed by atoms with van der Waals surface area (Å²) in [5.41, 5.74) is 5.86. The van der Waals surface area contributed by atoms with E-state index in [-0.39, 0.29) is 43.7 Å². The van der Waals surface area contributed by atoms with Crippen LogP contribution in [-0.2, 0) is 14.6 Å². The first-order valence-corrected chi connectivity index (χ1v) is 17.1. The molecule has 1 unspecified atom stereocenters. The van der Waals surface area contributed by atoms with Gasteiger partial charge in [0.05, 0.1) is 26.8 Å². The van der Waals surface area contributed by atoms with Gasteiger partial charge in [0.25, 0.3) is 10.0 Å². The molecule has 3 aromatic heterocycles. The summed E-state index contributed by atoms with van der Waals surface area (Å²) >= 11 is 12.0. The predicted octanol–water partition coefficient (Wildman–Crippen LogP) is 5.57. The van der Waals surface area contributed by atoms with Crippen LogP contribution in [0.1, 0.15) is 0 Å². The molecule has 3 heterocycles. The lowest BCUT2D eigenvalue weighted by atomic mass is 10.2. The first-order valence-electron chi connectivity index (χ1n) is 12.8. The summed E-state index contributed by atoms with van der Waals surface area (Å²) in [6.45, 7) is 1.09. The maximum absolute atomic E-state index is 15.7. The van der Waals surface area contributed by atoms with Crippen LogP contribution in [0.25, 0.3) is 27.8 Å². The van der Waals surface area contributed by atoms with Crippen molar-refractivity contribution in [2.75, 3.05) is 22.4 Å². The Morgan fingerprint density at radius 1 is 1.02 bits per heavy atom. The zero-order valence-electron chi connectivity index (χ0n) is 22.8. The summed E-state index contributed by atoms with van der Waals surface area (Å²) in [6, 6.07) is 13.7. The number of anilines is 4. The van der Waals surface area contributed by atoms with E-state index in [2.05, 4.69) is 25.0 Å². The fourth-order valence-electron chi connectivity index (χ4n) is 4.70. The third-order valence-electron chi connectivity index (χ3n) is 6.78. The van der Waals surface area contributed by atoms with Crippen molar-refractivity contribution < 1.29 is 26.7 Å². The van der Waals surface area contributed by atoms with Gasteiger partial charge in [-0.3, -0.25) is 4.72 Å². The minimum atomic E-state index is -4.44. The summed E-state index contributed by atoms with van der Waals surface area (Å²) in [6.07, 6.45) is 2.53. The van der Waals surface area contributed by atoms with Gasteiger partial charge in [0, 0.05) is 29.9 Å². The van der Waals surface area contributed by atoms with E-state index in [1.807, 2.05) is 0 Å². The maximum Gasteiger partial charge on any atom is 0.263 e. The SMILES string of the molecule is CP(=O)([O-])c1cn(-c2ccc3ncnc(Nc4c(F)ccc(NS(=O)(=O)c5cccc(Cl)c5Cl)c4F)c3n2)c2cccc(N)c12. The van der Waals surface area contributed by atoms with E-state index >= 15 is 8.78 Å². The lowest BCUT2D eigenvalue weighted by Gasteiger charge is -2.16. The Balaban J connectivity index is 1.43. The molecular weight excluding hydrogens is 670 g/mol. The number of nitrogens with two attached hydrogens (primary N) is 1. The topological polar surface area (TPSA) is 168 Å². The van der Waals surface area contributed by atoms with Gasteiger partial charge in [-0.05, 0) is 55.2 Å². The Kier molecular flexibility index (Phi) is 7.66. The molecule has 11 nitrogen and oxygen atoms in total. The highest BCUT2D eigenvalue weighted by molar-refractivity contribution is 7.92. The molecule has 230 valence electrons. The van der Waals surface area contributed by atoms with Crippen LogP contribution in [0.4, 0.5) is 31.7 Å². The number of hydrogen-bond acceptors (Lipinski definition) is 9. The Labute approximate surface area is 264 Å². The molecule has 45 heavy (non-hydrogen) atoms. The molecule has 4 N–H and O–H groups in total. The Morgan fingerprint density at radius 3 is 2.53 bits per heavy atom. The number of aromatic nitrogens is 4. The van der Waals surface area contributed by atoms with Crippen molar-refractivity contribution in [2.24, 2.45) is 0 Å². The average Bonchev–Trinajstić information content (AvgIpc) is 3.40. The van der Waals surface area contributed by atoms with E-state index in [4.69, 9.17) is 28.9 Å². The molecule has 3 aromatic carbocycles. The third kappa shape index (κ3) is 5.55. The van der Waals surface area contributed by atoms with Crippen molar-refractivity contribution in [3.05, 3.63) is 94.9 Å². The highest BCUT2D eigenvalue weighted by atomic mass is 35.5. The lowest BCUT2D eigenvalue weighted by Crippen LogP contribution is -2.15. The minimum absolute atomic E-state index is 0.0163. The van der Waals surface area contributed by atoms with Gasteiger partial charge in [0.1, 0.15) is 34.1 Å². The Morgan fingerprint density at radius 2 is 1.78 bits per heavy atom. The van der Waals surface area contributed by atoms with Crippen molar-refractivity contribution in [2.45, 2.75) is 4.90 Å². The second-order valence-electron chi connectivity index (χ2n) is 9.80. The molecule has 0 fully saturated rings. The van der Waals surface area contributed by atoms with Crippen molar-refractivity contribution in [1.82, 2.24) is 19.5 Å². The number of nitrogens with one attached hydrogen (secondary N) is 2. The van der Waals surface area contributed by atoms with E-state index in [9.17, 15) is 17.9 Å². The highest BCUT2D eigenvalue weighted by Crippen LogP contribution is 2.38. The molecule has 0 bridgehead atoms. The number of rotatable bonds is 7. The number of nitrogen functional groups attached to an aromatic ring is 1. The van der Waals surface area contributed by atoms with Crippen LogP contribution in [0.15, 0.2) is 78.1 Å². The molecule has 0 aliphatic rings. The highest BCUT2D eigenvalue weighted by Gasteiger charge is 2.24. The summed E-state index contributed by atoms with van der Waals surface area (Å²) < 4.78 is 72.9. The number of nitrogens with zero attached hydrogens (tertiary/aromatic N) is 4. The molecule has 0 aliphatic carbocycles. The Hall–Kier alpha value is -4.33.